The van der Waals surface area contributed by atoms with Crippen LogP contribution in [0.25, 0.3) is 10.1 Å². The average Bonchev–Trinajstić information content (AvgIpc) is 2.96. The van der Waals surface area contributed by atoms with Gasteiger partial charge in [-0.1, -0.05) is 12.1 Å². The quantitative estimate of drug-likeness (QED) is 0.939. The summed E-state index contributed by atoms with van der Waals surface area (Å²) in [6.07, 6.45) is 1.28. The topological polar surface area (TPSA) is 28.2 Å². The van der Waals surface area contributed by atoms with E-state index in [0.29, 0.717) is 0 Å². The molecule has 1 aromatic carbocycles. The van der Waals surface area contributed by atoms with Gasteiger partial charge >= 0.3 is 0 Å². The van der Waals surface area contributed by atoms with Gasteiger partial charge < -0.3 is 10.2 Å². The first-order chi connectivity index (χ1) is 8.34. The second kappa shape index (κ2) is 5.87. The number of anilines is 1. The molecule has 1 aliphatic heterocycles. The standard InChI is InChI=1S/C13H17N3S.ClH/c1-16(9-10-6-7-14-8-10)13-11-4-2-3-5-12(11)17-15-13;/h2-5,10,14H,6-9H2,1H3;1H. The number of fused-ring (bicyclic) bond motifs is 1. The van der Waals surface area contributed by atoms with Crippen LogP contribution in [-0.2, 0) is 0 Å². The molecule has 1 atom stereocenters. The van der Waals surface area contributed by atoms with Gasteiger partial charge in [-0.2, -0.15) is 4.37 Å². The van der Waals surface area contributed by atoms with E-state index in [4.69, 9.17) is 0 Å². The molecule has 0 saturated carbocycles. The summed E-state index contributed by atoms with van der Waals surface area (Å²) in [6, 6.07) is 8.47. The molecular weight excluding hydrogens is 266 g/mol. The molecule has 0 amide bonds. The van der Waals surface area contributed by atoms with Crippen LogP contribution in [0.1, 0.15) is 6.42 Å². The van der Waals surface area contributed by atoms with Crippen LogP contribution in [0.3, 0.4) is 0 Å². The molecule has 0 bridgehead atoms. The van der Waals surface area contributed by atoms with E-state index in [-0.39, 0.29) is 12.4 Å². The van der Waals surface area contributed by atoms with Crippen molar-refractivity contribution in [2.45, 2.75) is 6.42 Å². The number of nitrogens with zero attached hydrogens (tertiary/aromatic N) is 2. The summed E-state index contributed by atoms with van der Waals surface area (Å²) in [5.41, 5.74) is 0. The number of hydrogen-bond acceptors (Lipinski definition) is 4. The fourth-order valence-corrected chi connectivity index (χ4v) is 3.31. The number of nitrogens with one attached hydrogen (secondary N) is 1. The van der Waals surface area contributed by atoms with Crippen molar-refractivity contribution < 1.29 is 0 Å². The Morgan fingerprint density at radius 2 is 2.28 bits per heavy atom. The summed E-state index contributed by atoms with van der Waals surface area (Å²) in [7, 11) is 2.15. The van der Waals surface area contributed by atoms with Crippen molar-refractivity contribution in [3.63, 3.8) is 0 Å². The zero-order valence-electron chi connectivity index (χ0n) is 10.4. The van der Waals surface area contributed by atoms with Crippen molar-refractivity contribution in [2.75, 3.05) is 31.6 Å². The average molecular weight is 284 g/mol. The number of rotatable bonds is 3. The molecule has 18 heavy (non-hydrogen) atoms. The zero-order chi connectivity index (χ0) is 11.7. The van der Waals surface area contributed by atoms with Crippen LogP contribution in [-0.4, -0.2) is 31.1 Å². The van der Waals surface area contributed by atoms with Crippen LogP contribution < -0.4 is 10.2 Å². The third-order valence-corrected chi connectivity index (χ3v) is 4.23. The Morgan fingerprint density at radius 1 is 1.44 bits per heavy atom. The van der Waals surface area contributed by atoms with E-state index in [0.717, 1.165) is 31.4 Å². The number of halogens is 1. The van der Waals surface area contributed by atoms with Gasteiger partial charge in [0, 0.05) is 19.0 Å². The van der Waals surface area contributed by atoms with E-state index in [1.165, 1.54) is 16.5 Å². The SMILES string of the molecule is CN(CC1CCNC1)c1nsc2ccccc12.Cl. The second-order valence-corrected chi connectivity index (χ2v) is 5.55. The van der Waals surface area contributed by atoms with Crippen LogP contribution in [0.15, 0.2) is 24.3 Å². The minimum Gasteiger partial charge on any atom is -0.358 e. The van der Waals surface area contributed by atoms with Gasteiger partial charge in [-0.15, -0.1) is 12.4 Å². The molecule has 2 heterocycles. The Kier molecular flexibility index (Phi) is 4.43. The molecule has 1 N–H and O–H groups in total. The van der Waals surface area contributed by atoms with E-state index in [9.17, 15) is 0 Å². The summed E-state index contributed by atoms with van der Waals surface area (Å²) in [5, 5.41) is 4.70. The van der Waals surface area contributed by atoms with Crippen LogP contribution in [0.5, 0.6) is 0 Å². The number of hydrogen-bond donors (Lipinski definition) is 1. The van der Waals surface area contributed by atoms with E-state index >= 15 is 0 Å². The lowest BCUT2D eigenvalue weighted by Crippen LogP contribution is -2.27. The fourth-order valence-electron chi connectivity index (χ4n) is 2.49. The van der Waals surface area contributed by atoms with Crippen molar-refractivity contribution in [1.29, 1.82) is 0 Å². The lowest BCUT2D eigenvalue weighted by Gasteiger charge is -2.20. The fraction of sp³-hybridized carbons (Fsp3) is 0.462. The summed E-state index contributed by atoms with van der Waals surface area (Å²) in [4.78, 5) is 2.30. The van der Waals surface area contributed by atoms with Crippen molar-refractivity contribution >= 4 is 39.8 Å². The van der Waals surface area contributed by atoms with Crippen molar-refractivity contribution in [1.82, 2.24) is 9.69 Å². The Balaban J connectivity index is 0.00000120. The molecule has 5 heteroatoms. The van der Waals surface area contributed by atoms with Crippen LogP contribution in [0, 0.1) is 5.92 Å². The lowest BCUT2D eigenvalue weighted by atomic mass is 10.1. The third-order valence-electron chi connectivity index (χ3n) is 3.41. The molecule has 1 aromatic heterocycles. The highest BCUT2D eigenvalue weighted by Crippen LogP contribution is 2.29. The maximum absolute atomic E-state index is 4.58. The summed E-state index contributed by atoms with van der Waals surface area (Å²) in [5.74, 6) is 1.90. The summed E-state index contributed by atoms with van der Waals surface area (Å²) < 4.78 is 5.86. The van der Waals surface area contributed by atoms with E-state index in [1.807, 2.05) is 0 Å². The highest BCUT2D eigenvalue weighted by molar-refractivity contribution is 7.13. The molecule has 3 nitrogen and oxygen atoms in total. The molecule has 1 unspecified atom stereocenters. The van der Waals surface area contributed by atoms with E-state index in [2.05, 4.69) is 45.9 Å². The van der Waals surface area contributed by atoms with Gasteiger partial charge in [0.05, 0.1) is 4.70 Å². The first-order valence-corrected chi connectivity index (χ1v) is 6.88. The Labute approximate surface area is 118 Å². The van der Waals surface area contributed by atoms with Crippen LogP contribution in [0.4, 0.5) is 5.82 Å². The Hall–Kier alpha value is -0.840. The molecule has 1 saturated heterocycles. The van der Waals surface area contributed by atoms with Crippen molar-refractivity contribution in [3.8, 4) is 0 Å². The minimum absolute atomic E-state index is 0. The Bertz CT molecular complexity index is 508. The molecule has 98 valence electrons. The highest BCUT2D eigenvalue weighted by atomic mass is 35.5. The summed E-state index contributed by atoms with van der Waals surface area (Å²) in [6.45, 7) is 3.41. The van der Waals surface area contributed by atoms with Gasteiger partial charge in [0.2, 0.25) is 0 Å². The monoisotopic (exact) mass is 283 g/mol. The molecule has 0 spiro atoms. The minimum atomic E-state index is 0. The normalized spacial score (nSPS) is 18.8. The largest absolute Gasteiger partial charge is 0.358 e. The number of benzene rings is 1. The molecule has 3 rings (SSSR count). The van der Waals surface area contributed by atoms with Gasteiger partial charge in [0.15, 0.2) is 0 Å². The zero-order valence-corrected chi connectivity index (χ0v) is 12.1. The maximum Gasteiger partial charge on any atom is 0.149 e. The third kappa shape index (κ3) is 2.60. The second-order valence-electron chi connectivity index (χ2n) is 4.74. The number of aromatic nitrogens is 1. The smallest absolute Gasteiger partial charge is 0.149 e. The van der Waals surface area contributed by atoms with Gasteiger partial charge in [0.25, 0.3) is 0 Å². The first-order valence-electron chi connectivity index (χ1n) is 6.11. The molecule has 0 radical (unpaired) electrons. The van der Waals surface area contributed by atoms with Gasteiger partial charge in [-0.3, -0.25) is 0 Å². The molecule has 1 fully saturated rings. The molecule has 0 aliphatic carbocycles. The van der Waals surface area contributed by atoms with Gasteiger partial charge in [0.1, 0.15) is 5.82 Å². The lowest BCUT2D eigenvalue weighted by molar-refractivity contribution is 0.577. The highest BCUT2D eigenvalue weighted by Gasteiger charge is 2.18. The molecular formula is C13H18ClN3S. The summed E-state index contributed by atoms with van der Waals surface area (Å²) >= 11 is 1.59. The Morgan fingerprint density at radius 3 is 3.06 bits per heavy atom. The van der Waals surface area contributed by atoms with E-state index < -0.39 is 0 Å². The molecule has 2 aromatic rings. The first kappa shape index (κ1) is 13.6. The maximum atomic E-state index is 4.58. The van der Waals surface area contributed by atoms with Crippen molar-refractivity contribution in [3.05, 3.63) is 24.3 Å². The van der Waals surface area contributed by atoms with Crippen molar-refractivity contribution in [2.24, 2.45) is 5.92 Å². The van der Waals surface area contributed by atoms with E-state index in [1.54, 1.807) is 11.5 Å². The van der Waals surface area contributed by atoms with Gasteiger partial charge in [-0.25, -0.2) is 0 Å². The molecule has 1 aliphatic rings. The van der Waals surface area contributed by atoms with Crippen LogP contribution in [0.2, 0.25) is 0 Å². The van der Waals surface area contributed by atoms with Gasteiger partial charge in [-0.05, 0) is 49.1 Å². The predicted molar refractivity (Wildman–Crippen MR) is 81.1 cm³/mol. The predicted octanol–water partition coefficient (Wildman–Crippen LogP) is 2.76. The van der Waals surface area contributed by atoms with Crippen LogP contribution >= 0.6 is 23.9 Å².